The van der Waals surface area contributed by atoms with Crippen LogP contribution in [0.25, 0.3) is 0 Å². The third-order valence-electron chi connectivity index (χ3n) is 4.16. The molecule has 1 atom stereocenters. The molecule has 0 amide bonds. The van der Waals surface area contributed by atoms with Gasteiger partial charge in [-0.25, -0.2) is 5.57 Å². The molecule has 0 fully saturated rings. The van der Waals surface area contributed by atoms with E-state index in [-0.39, 0.29) is 21.7 Å². The molecule has 0 heterocycles. The number of carbonyl (C=O) groups is 3. The first-order valence-electron chi connectivity index (χ1n) is 9.94. The Morgan fingerprint density at radius 2 is 0.871 bits per heavy atom. The molecule has 0 spiro atoms. The van der Waals surface area contributed by atoms with Crippen molar-refractivity contribution in [1.82, 2.24) is 0 Å². The van der Waals surface area contributed by atoms with E-state index < -0.39 is 34.2 Å². The molecule has 1 unspecified atom stereocenters. The summed E-state index contributed by atoms with van der Waals surface area (Å²) in [5.41, 5.74) is 2.50. The average Bonchev–Trinajstić information content (AvgIpc) is 2.72. The second-order valence-corrected chi connectivity index (χ2v) is 10.5. The van der Waals surface area contributed by atoms with Crippen LogP contribution in [0.5, 0.6) is 0 Å². The molecule has 0 aromatic heterocycles. The third kappa shape index (κ3) is 19.0. The van der Waals surface area contributed by atoms with Crippen LogP contribution in [0, 0.1) is 28.2 Å². The van der Waals surface area contributed by atoms with Crippen molar-refractivity contribution in [3.8, 4) is 0 Å². The zero-order valence-corrected chi connectivity index (χ0v) is 23.2. The molecule has 0 bridgehead atoms. The first-order valence-corrected chi connectivity index (χ1v) is 9.94. The minimum atomic E-state index is -0.757. The van der Waals surface area contributed by atoms with Gasteiger partial charge in [0.25, 0.3) is 0 Å². The van der Waals surface area contributed by atoms with E-state index in [2.05, 4.69) is 33.8 Å². The Balaban J connectivity index is -0.000000156. The normalized spacial score (nSPS) is 15.5. The summed E-state index contributed by atoms with van der Waals surface area (Å²) in [5.74, 6) is -1.71. The number of hydrogen-bond acceptors (Lipinski definition) is 3. The standard InChI is InChI=1S/C9H13.3C5H10O2.Ti/c1-6-5-7(2)9(4)8(6)3;3*1-5(2,3)4(6)7;/h6H,1-4H3;3*1-3H3,(H,6,7);/q-1;;;;. The minimum Gasteiger partial charge on any atom is -0.481 e. The Morgan fingerprint density at radius 3 is 0.903 bits per heavy atom. The predicted octanol–water partition coefficient (Wildman–Crippen LogP) is 6.07. The number of aliphatic carboxylic acids is 3. The van der Waals surface area contributed by atoms with Gasteiger partial charge in [0, 0.05) is 21.7 Å². The van der Waals surface area contributed by atoms with E-state index in [1.54, 1.807) is 62.3 Å². The van der Waals surface area contributed by atoms with Crippen LogP contribution in [0.1, 0.15) is 90.0 Å². The first kappa shape index (κ1) is 36.9. The largest absolute Gasteiger partial charge is 0.481 e. The summed E-state index contributed by atoms with van der Waals surface area (Å²) in [6.07, 6.45) is 3.36. The SMILES string of the molecule is CC(C)(C)C(=O)O.CC(C)(C)C(=O)O.CC(C)(C)C(=O)O.CC1=[C-]C(C)C(C)=C1C.[Ti]. The van der Waals surface area contributed by atoms with Gasteiger partial charge in [-0.2, -0.15) is 11.1 Å². The van der Waals surface area contributed by atoms with E-state index in [9.17, 15) is 14.4 Å². The molecule has 1 rings (SSSR count). The molecule has 0 saturated heterocycles. The monoisotopic (exact) mass is 475 g/mol. The van der Waals surface area contributed by atoms with E-state index in [1.165, 1.54) is 16.7 Å². The minimum absolute atomic E-state index is 0. The van der Waals surface area contributed by atoms with E-state index >= 15 is 0 Å². The Kier molecular flexibility index (Phi) is 17.4. The van der Waals surface area contributed by atoms with E-state index in [0.717, 1.165) is 0 Å². The topological polar surface area (TPSA) is 112 Å². The predicted molar refractivity (Wildman–Crippen MR) is 121 cm³/mol. The second kappa shape index (κ2) is 14.6. The molecule has 0 aromatic rings. The zero-order chi connectivity index (χ0) is 25.2. The van der Waals surface area contributed by atoms with Crippen LogP contribution in [0.2, 0.25) is 0 Å². The molecular formula is C24H43O6Ti-. The Bertz CT molecular complexity index is 596. The van der Waals surface area contributed by atoms with Gasteiger partial charge >= 0.3 is 17.9 Å². The Morgan fingerprint density at radius 1 is 0.677 bits per heavy atom. The van der Waals surface area contributed by atoms with E-state index in [1.807, 2.05) is 0 Å². The summed E-state index contributed by atoms with van der Waals surface area (Å²) < 4.78 is 0. The molecule has 1 aliphatic carbocycles. The van der Waals surface area contributed by atoms with Gasteiger partial charge in [-0.3, -0.25) is 20.5 Å². The van der Waals surface area contributed by atoms with Crippen molar-refractivity contribution in [2.75, 3.05) is 0 Å². The molecule has 7 heteroatoms. The van der Waals surface area contributed by atoms with Crippen molar-refractivity contribution in [2.24, 2.45) is 22.2 Å². The molecule has 31 heavy (non-hydrogen) atoms. The van der Waals surface area contributed by atoms with E-state index in [4.69, 9.17) is 15.3 Å². The molecule has 0 saturated carbocycles. The van der Waals surface area contributed by atoms with Crippen LogP contribution < -0.4 is 0 Å². The van der Waals surface area contributed by atoms with Crippen LogP contribution in [0.3, 0.4) is 0 Å². The Labute approximate surface area is 204 Å². The van der Waals surface area contributed by atoms with Crippen molar-refractivity contribution < 1.29 is 51.4 Å². The van der Waals surface area contributed by atoms with Gasteiger partial charge < -0.3 is 15.3 Å². The van der Waals surface area contributed by atoms with Crippen molar-refractivity contribution in [3.05, 3.63) is 22.8 Å². The summed E-state index contributed by atoms with van der Waals surface area (Å²) in [6.45, 7) is 23.6. The summed E-state index contributed by atoms with van der Waals surface area (Å²) in [7, 11) is 0. The molecular weight excluding hydrogens is 432 g/mol. The third-order valence-corrected chi connectivity index (χ3v) is 4.16. The van der Waals surface area contributed by atoms with Crippen molar-refractivity contribution in [2.45, 2.75) is 90.0 Å². The summed E-state index contributed by atoms with van der Waals surface area (Å²) in [4.78, 5) is 30.1. The van der Waals surface area contributed by atoms with Crippen LogP contribution in [0.4, 0.5) is 0 Å². The molecule has 3 N–H and O–H groups in total. The van der Waals surface area contributed by atoms with Crippen molar-refractivity contribution in [1.29, 1.82) is 0 Å². The van der Waals surface area contributed by atoms with Crippen molar-refractivity contribution in [3.63, 3.8) is 0 Å². The van der Waals surface area contributed by atoms with E-state index in [0.29, 0.717) is 5.92 Å². The quantitative estimate of drug-likeness (QED) is 0.290. The van der Waals surface area contributed by atoms with Gasteiger partial charge in [0.1, 0.15) is 0 Å². The number of carboxylic acid groups (broad SMARTS) is 3. The zero-order valence-electron chi connectivity index (χ0n) is 21.6. The molecule has 6 nitrogen and oxygen atoms in total. The van der Waals surface area contributed by atoms with Gasteiger partial charge in [-0.1, -0.05) is 26.7 Å². The molecule has 1 aliphatic rings. The first-order chi connectivity index (χ1) is 13.0. The number of carboxylic acids is 3. The van der Waals surface area contributed by atoms with Crippen molar-refractivity contribution >= 4 is 17.9 Å². The average molecular weight is 475 g/mol. The second-order valence-electron chi connectivity index (χ2n) is 10.5. The maximum Gasteiger partial charge on any atom is 0.308 e. The fourth-order valence-electron chi connectivity index (χ4n) is 1.16. The number of allylic oxidation sites excluding steroid dienone is 4. The van der Waals surface area contributed by atoms with Gasteiger partial charge in [-0.05, 0) is 62.3 Å². The van der Waals surface area contributed by atoms with Gasteiger partial charge in [0.15, 0.2) is 0 Å². The molecule has 0 aromatic carbocycles. The molecule has 0 aliphatic heterocycles. The van der Waals surface area contributed by atoms with Crippen LogP contribution in [0.15, 0.2) is 16.7 Å². The van der Waals surface area contributed by atoms with Crippen LogP contribution in [-0.4, -0.2) is 33.2 Å². The van der Waals surface area contributed by atoms with Gasteiger partial charge in [-0.15, -0.1) is 6.92 Å². The number of hydrogen-bond donors (Lipinski definition) is 3. The fraction of sp³-hybridized carbons (Fsp3) is 0.708. The number of rotatable bonds is 0. The molecule has 0 radical (unpaired) electrons. The maximum absolute atomic E-state index is 10.0. The summed E-state index contributed by atoms with van der Waals surface area (Å²) in [6, 6.07) is 0. The fourth-order valence-corrected chi connectivity index (χ4v) is 1.16. The van der Waals surface area contributed by atoms with Gasteiger partial charge in [0.05, 0.1) is 16.2 Å². The smallest absolute Gasteiger partial charge is 0.308 e. The summed E-state index contributed by atoms with van der Waals surface area (Å²) >= 11 is 0. The Hall–Kier alpha value is -1.40. The van der Waals surface area contributed by atoms with Gasteiger partial charge in [0.2, 0.25) is 0 Å². The molecule has 180 valence electrons. The maximum atomic E-state index is 10.0. The van der Waals surface area contributed by atoms with Crippen LogP contribution >= 0.6 is 0 Å². The van der Waals surface area contributed by atoms with Crippen LogP contribution in [-0.2, 0) is 36.1 Å². The summed E-state index contributed by atoms with van der Waals surface area (Å²) in [5, 5.41) is 24.8.